The molecule has 0 saturated carbocycles. The van der Waals surface area contributed by atoms with Crippen LogP contribution in [0.4, 0.5) is 9.52 Å². The number of aryl methyl sites for hydroxylation is 1. The standard InChI is InChI=1S/C14H15ClFN3OS/c1-2-3-7-13-18-19-14(21-13)17-12(20)8-9-10(15)5-4-6-11(9)16/h4-6H,2-3,7-8H2,1H3,(H,17,19,20). The van der Waals surface area contributed by atoms with Gasteiger partial charge in [0, 0.05) is 17.0 Å². The zero-order valence-electron chi connectivity index (χ0n) is 11.5. The number of hydrogen-bond donors (Lipinski definition) is 1. The van der Waals surface area contributed by atoms with Gasteiger partial charge in [-0.2, -0.15) is 0 Å². The summed E-state index contributed by atoms with van der Waals surface area (Å²) in [4.78, 5) is 11.9. The SMILES string of the molecule is CCCCc1nnc(NC(=O)Cc2c(F)cccc2Cl)s1. The predicted molar refractivity (Wildman–Crippen MR) is 82.3 cm³/mol. The Hall–Kier alpha value is -1.53. The fraction of sp³-hybridized carbons (Fsp3) is 0.357. The number of hydrogen-bond acceptors (Lipinski definition) is 4. The van der Waals surface area contributed by atoms with Crippen LogP contribution in [0.1, 0.15) is 30.3 Å². The maximum atomic E-state index is 13.6. The molecule has 0 saturated heterocycles. The van der Waals surface area contributed by atoms with Crippen LogP contribution in [0.25, 0.3) is 0 Å². The molecule has 1 amide bonds. The van der Waals surface area contributed by atoms with Crippen LogP contribution in [-0.2, 0) is 17.6 Å². The van der Waals surface area contributed by atoms with Crippen LogP contribution < -0.4 is 5.32 Å². The summed E-state index contributed by atoms with van der Waals surface area (Å²) >= 11 is 7.23. The van der Waals surface area contributed by atoms with E-state index in [4.69, 9.17) is 11.6 Å². The van der Waals surface area contributed by atoms with E-state index in [0.717, 1.165) is 24.3 Å². The largest absolute Gasteiger partial charge is 0.300 e. The van der Waals surface area contributed by atoms with Crippen molar-refractivity contribution in [3.8, 4) is 0 Å². The molecule has 1 aromatic carbocycles. The van der Waals surface area contributed by atoms with E-state index in [1.54, 1.807) is 6.07 Å². The molecule has 4 nitrogen and oxygen atoms in total. The minimum absolute atomic E-state index is 0.130. The lowest BCUT2D eigenvalue weighted by molar-refractivity contribution is -0.115. The van der Waals surface area contributed by atoms with Gasteiger partial charge in [0.15, 0.2) is 0 Å². The van der Waals surface area contributed by atoms with Gasteiger partial charge >= 0.3 is 0 Å². The highest BCUT2D eigenvalue weighted by atomic mass is 35.5. The molecule has 7 heteroatoms. The number of nitrogens with one attached hydrogen (secondary N) is 1. The number of halogens is 2. The first-order valence-corrected chi connectivity index (χ1v) is 7.84. The van der Waals surface area contributed by atoms with E-state index in [-0.39, 0.29) is 22.9 Å². The summed E-state index contributed by atoms with van der Waals surface area (Å²) in [5.74, 6) is -0.848. The number of anilines is 1. The predicted octanol–water partition coefficient (Wildman–Crippen LogP) is 3.85. The molecule has 0 radical (unpaired) electrons. The van der Waals surface area contributed by atoms with Gasteiger partial charge in [-0.1, -0.05) is 42.3 Å². The molecule has 2 aromatic rings. The number of nitrogens with zero attached hydrogens (tertiary/aromatic N) is 2. The van der Waals surface area contributed by atoms with Gasteiger partial charge < -0.3 is 5.32 Å². The summed E-state index contributed by atoms with van der Waals surface area (Å²) < 4.78 is 13.6. The quantitative estimate of drug-likeness (QED) is 0.876. The Morgan fingerprint density at radius 3 is 2.95 bits per heavy atom. The molecule has 0 aliphatic rings. The van der Waals surface area contributed by atoms with Crippen molar-refractivity contribution < 1.29 is 9.18 Å². The van der Waals surface area contributed by atoms with Crippen LogP contribution >= 0.6 is 22.9 Å². The molecule has 1 N–H and O–H groups in total. The fourth-order valence-electron chi connectivity index (χ4n) is 1.76. The van der Waals surface area contributed by atoms with Crippen molar-refractivity contribution in [3.63, 3.8) is 0 Å². The van der Waals surface area contributed by atoms with E-state index >= 15 is 0 Å². The number of carbonyl (C=O) groups is 1. The lowest BCUT2D eigenvalue weighted by atomic mass is 10.1. The molecule has 0 fully saturated rings. The third kappa shape index (κ3) is 4.47. The van der Waals surface area contributed by atoms with Crippen LogP contribution in [-0.4, -0.2) is 16.1 Å². The summed E-state index contributed by atoms with van der Waals surface area (Å²) in [6.07, 6.45) is 2.83. The Morgan fingerprint density at radius 2 is 2.24 bits per heavy atom. The molecule has 0 atom stereocenters. The molecule has 0 bridgehead atoms. The number of aromatic nitrogens is 2. The monoisotopic (exact) mass is 327 g/mol. The fourth-order valence-corrected chi connectivity index (χ4v) is 2.79. The van der Waals surface area contributed by atoms with Crippen molar-refractivity contribution in [2.24, 2.45) is 0 Å². The number of rotatable bonds is 6. The molecular weight excluding hydrogens is 313 g/mol. The highest BCUT2D eigenvalue weighted by Gasteiger charge is 2.13. The molecular formula is C14H15ClFN3OS. The van der Waals surface area contributed by atoms with Gasteiger partial charge in [-0.25, -0.2) is 4.39 Å². The number of benzene rings is 1. The van der Waals surface area contributed by atoms with Crippen molar-refractivity contribution in [1.82, 2.24) is 10.2 Å². The molecule has 0 unspecified atom stereocenters. The zero-order valence-corrected chi connectivity index (χ0v) is 13.1. The smallest absolute Gasteiger partial charge is 0.230 e. The molecule has 0 aliphatic carbocycles. The van der Waals surface area contributed by atoms with E-state index in [2.05, 4.69) is 22.4 Å². The van der Waals surface area contributed by atoms with Gasteiger partial charge in [-0.15, -0.1) is 10.2 Å². The van der Waals surface area contributed by atoms with Crippen molar-refractivity contribution >= 4 is 34.0 Å². The molecule has 1 aromatic heterocycles. The Bertz CT molecular complexity index is 612. The van der Waals surface area contributed by atoms with E-state index < -0.39 is 5.82 Å². The molecule has 112 valence electrons. The topological polar surface area (TPSA) is 54.9 Å². The normalized spacial score (nSPS) is 10.6. The first kappa shape index (κ1) is 15.9. The van der Waals surface area contributed by atoms with E-state index in [9.17, 15) is 9.18 Å². The van der Waals surface area contributed by atoms with Crippen LogP contribution in [0.5, 0.6) is 0 Å². The minimum Gasteiger partial charge on any atom is -0.300 e. The van der Waals surface area contributed by atoms with E-state index in [0.29, 0.717) is 5.13 Å². The van der Waals surface area contributed by atoms with Crippen LogP contribution in [0, 0.1) is 5.82 Å². The van der Waals surface area contributed by atoms with Gasteiger partial charge in [-0.3, -0.25) is 4.79 Å². The van der Waals surface area contributed by atoms with Gasteiger partial charge in [0.25, 0.3) is 0 Å². The summed E-state index contributed by atoms with van der Waals surface area (Å²) in [6, 6.07) is 4.34. The minimum atomic E-state index is -0.487. The summed E-state index contributed by atoms with van der Waals surface area (Å²) in [7, 11) is 0. The third-order valence-electron chi connectivity index (χ3n) is 2.86. The van der Waals surface area contributed by atoms with Crippen LogP contribution in [0.3, 0.4) is 0 Å². The highest BCUT2D eigenvalue weighted by molar-refractivity contribution is 7.15. The third-order valence-corrected chi connectivity index (χ3v) is 4.11. The molecule has 0 aliphatic heterocycles. The number of carbonyl (C=O) groups excluding carboxylic acids is 1. The maximum absolute atomic E-state index is 13.6. The second-order valence-corrected chi connectivity index (χ2v) is 6.00. The summed E-state index contributed by atoms with van der Waals surface area (Å²) in [5, 5.41) is 12.1. The Labute approximate surface area is 131 Å². The second kappa shape index (κ2) is 7.47. The first-order chi connectivity index (χ1) is 10.1. The molecule has 2 rings (SSSR count). The van der Waals surface area contributed by atoms with Crippen molar-refractivity contribution in [2.45, 2.75) is 32.6 Å². The van der Waals surface area contributed by atoms with Gasteiger partial charge in [-0.05, 0) is 18.6 Å². The average Bonchev–Trinajstić information content (AvgIpc) is 2.88. The number of amides is 1. The van der Waals surface area contributed by atoms with Gasteiger partial charge in [0.2, 0.25) is 11.0 Å². The Balaban J connectivity index is 1.97. The Kier molecular flexibility index (Phi) is 5.64. The highest BCUT2D eigenvalue weighted by Crippen LogP contribution is 2.21. The maximum Gasteiger partial charge on any atom is 0.230 e. The van der Waals surface area contributed by atoms with Crippen molar-refractivity contribution in [3.05, 3.63) is 39.6 Å². The van der Waals surface area contributed by atoms with Crippen LogP contribution in [0.2, 0.25) is 5.02 Å². The van der Waals surface area contributed by atoms with E-state index in [1.807, 2.05) is 0 Å². The zero-order chi connectivity index (χ0) is 15.2. The molecule has 1 heterocycles. The van der Waals surface area contributed by atoms with Crippen molar-refractivity contribution in [1.29, 1.82) is 0 Å². The van der Waals surface area contributed by atoms with Gasteiger partial charge in [0.1, 0.15) is 10.8 Å². The Morgan fingerprint density at radius 1 is 1.43 bits per heavy atom. The summed E-state index contributed by atoms with van der Waals surface area (Å²) in [5.41, 5.74) is 0.187. The average molecular weight is 328 g/mol. The lowest BCUT2D eigenvalue weighted by Crippen LogP contribution is -2.15. The summed E-state index contributed by atoms with van der Waals surface area (Å²) in [6.45, 7) is 2.10. The van der Waals surface area contributed by atoms with E-state index in [1.165, 1.54) is 23.5 Å². The molecule has 0 spiro atoms. The second-order valence-electron chi connectivity index (χ2n) is 4.53. The van der Waals surface area contributed by atoms with Crippen molar-refractivity contribution in [2.75, 3.05) is 5.32 Å². The number of unbranched alkanes of at least 4 members (excludes halogenated alkanes) is 1. The van der Waals surface area contributed by atoms with Crippen LogP contribution in [0.15, 0.2) is 18.2 Å². The first-order valence-electron chi connectivity index (χ1n) is 6.65. The lowest BCUT2D eigenvalue weighted by Gasteiger charge is -2.05. The van der Waals surface area contributed by atoms with Gasteiger partial charge in [0.05, 0.1) is 6.42 Å². The molecule has 21 heavy (non-hydrogen) atoms.